The first kappa shape index (κ1) is 14.2. The lowest BCUT2D eigenvalue weighted by Crippen LogP contribution is -2.29. The molecule has 104 valence electrons. The van der Waals surface area contributed by atoms with Crippen LogP contribution in [0.3, 0.4) is 0 Å². The van der Waals surface area contributed by atoms with Crippen LogP contribution in [0.1, 0.15) is 5.56 Å². The van der Waals surface area contributed by atoms with Crippen LogP contribution in [0, 0.1) is 4.91 Å². The lowest BCUT2D eigenvalue weighted by atomic mass is 10.1. The van der Waals surface area contributed by atoms with E-state index in [1.165, 1.54) is 12.1 Å². The molecule has 0 radical (unpaired) electrons. The molecule has 10 heteroatoms. The van der Waals surface area contributed by atoms with E-state index < -0.39 is 19.8 Å². The molecular formula is C10H9N4O5P. The molecule has 0 aliphatic heterocycles. The molecule has 0 atom stereocenters. The molecule has 0 aliphatic rings. The average Bonchev–Trinajstić information content (AvgIpc) is 2.45. The van der Waals surface area contributed by atoms with Gasteiger partial charge in [0.25, 0.3) is 0 Å². The number of hydrogen-bond acceptors (Lipinski definition) is 7. The van der Waals surface area contributed by atoms with Gasteiger partial charge in [-0.3, -0.25) is 19.4 Å². The lowest BCUT2D eigenvalue weighted by Gasteiger charge is -2.07. The van der Waals surface area contributed by atoms with Crippen LogP contribution in [0.5, 0.6) is 0 Å². The quantitative estimate of drug-likeness (QED) is 0.238. The van der Waals surface area contributed by atoms with Gasteiger partial charge < -0.3 is 9.97 Å². The second-order valence-corrected chi connectivity index (χ2v) is 4.21. The standard InChI is InChI=1S/C10H9N4O5P/c15-9-10(16)13-8-5(3-11-4-19-20-18)1-6(14-17)2-7(8)12-9/h1-2,11H,3-4H2,(H,12,15)(H,13,16). The predicted octanol–water partition coefficient (Wildman–Crippen LogP) is 0.885. The normalized spacial score (nSPS) is 11.0. The van der Waals surface area contributed by atoms with Crippen LogP contribution in [0.2, 0.25) is 0 Å². The van der Waals surface area contributed by atoms with E-state index in [4.69, 9.17) is 0 Å². The minimum atomic E-state index is -0.812. The Bertz CT molecular complexity index is 768. The molecule has 1 heterocycles. The number of nitrogens with one attached hydrogen (secondary N) is 3. The van der Waals surface area contributed by atoms with Gasteiger partial charge in [-0.05, 0) is 22.9 Å². The van der Waals surface area contributed by atoms with Crippen LogP contribution in [0.25, 0.3) is 11.0 Å². The fourth-order valence-corrected chi connectivity index (χ4v) is 1.87. The smallest absolute Gasteiger partial charge is 0.316 e. The van der Waals surface area contributed by atoms with Crippen LogP contribution in [-0.2, 0) is 15.6 Å². The summed E-state index contributed by atoms with van der Waals surface area (Å²) in [5.41, 5.74) is -0.273. The SMILES string of the molecule is O=Nc1cc(CNCOP=O)c2[nH]c(=O)c(=O)[nH]c2c1. The first-order valence-electron chi connectivity index (χ1n) is 5.43. The molecule has 2 rings (SSSR count). The van der Waals surface area contributed by atoms with E-state index in [9.17, 15) is 19.1 Å². The molecular weight excluding hydrogens is 287 g/mol. The number of fused-ring (bicyclic) bond motifs is 1. The topological polar surface area (TPSA) is 133 Å². The van der Waals surface area contributed by atoms with Gasteiger partial charge >= 0.3 is 19.8 Å². The van der Waals surface area contributed by atoms with Gasteiger partial charge in [0.05, 0.1) is 11.0 Å². The Morgan fingerprint density at radius 2 is 2.00 bits per heavy atom. The monoisotopic (exact) mass is 296 g/mol. The van der Waals surface area contributed by atoms with Crippen molar-refractivity contribution in [2.45, 2.75) is 6.54 Å². The Balaban J connectivity index is 2.47. The van der Waals surface area contributed by atoms with Crippen molar-refractivity contribution in [1.29, 1.82) is 0 Å². The summed E-state index contributed by atoms with van der Waals surface area (Å²) in [4.78, 5) is 38.0. The summed E-state index contributed by atoms with van der Waals surface area (Å²) in [5, 5.41) is 5.60. The maximum absolute atomic E-state index is 11.3. The van der Waals surface area contributed by atoms with Gasteiger partial charge in [0.1, 0.15) is 12.4 Å². The fraction of sp³-hybridized carbons (Fsp3) is 0.200. The first-order chi connectivity index (χ1) is 9.65. The molecule has 20 heavy (non-hydrogen) atoms. The lowest BCUT2D eigenvalue weighted by molar-refractivity contribution is 0.306. The number of nitrogens with zero attached hydrogens (tertiary/aromatic N) is 1. The highest BCUT2D eigenvalue weighted by Crippen LogP contribution is 2.21. The van der Waals surface area contributed by atoms with Crippen LogP contribution in [-0.4, -0.2) is 16.7 Å². The van der Waals surface area contributed by atoms with Gasteiger partial charge in [-0.25, -0.2) is 4.57 Å². The van der Waals surface area contributed by atoms with Gasteiger partial charge in [0, 0.05) is 6.54 Å². The van der Waals surface area contributed by atoms with Crippen molar-refractivity contribution < 1.29 is 9.09 Å². The summed E-state index contributed by atoms with van der Waals surface area (Å²) in [6.07, 6.45) is 0. The van der Waals surface area contributed by atoms with E-state index in [1.807, 2.05) is 0 Å². The molecule has 3 N–H and O–H groups in total. The molecule has 0 spiro atoms. The third-order valence-corrected chi connectivity index (χ3v) is 2.77. The van der Waals surface area contributed by atoms with Crippen molar-refractivity contribution in [1.82, 2.24) is 15.3 Å². The zero-order valence-corrected chi connectivity index (χ0v) is 10.9. The second-order valence-electron chi connectivity index (χ2n) is 3.80. The van der Waals surface area contributed by atoms with Crippen LogP contribution < -0.4 is 16.4 Å². The summed E-state index contributed by atoms with van der Waals surface area (Å²) in [6.45, 7) is 0.232. The Hall–Kier alpha value is -2.22. The van der Waals surface area contributed by atoms with Crippen molar-refractivity contribution >= 4 is 25.4 Å². The summed E-state index contributed by atoms with van der Waals surface area (Å²) in [6, 6.07) is 2.82. The van der Waals surface area contributed by atoms with Crippen LogP contribution in [0.4, 0.5) is 5.69 Å². The predicted molar refractivity (Wildman–Crippen MR) is 71.0 cm³/mol. The highest BCUT2D eigenvalue weighted by atomic mass is 31.1. The van der Waals surface area contributed by atoms with E-state index in [-0.39, 0.29) is 19.0 Å². The highest BCUT2D eigenvalue weighted by molar-refractivity contribution is 7.17. The average molecular weight is 296 g/mol. The molecule has 1 aromatic carbocycles. The van der Waals surface area contributed by atoms with Crippen molar-refractivity contribution in [3.63, 3.8) is 0 Å². The minimum absolute atomic E-state index is 0.0128. The molecule has 9 nitrogen and oxygen atoms in total. The van der Waals surface area contributed by atoms with E-state index >= 15 is 0 Å². The zero-order valence-electron chi connectivity index (χ0n) is 10.0. The van der Waals surface area contributed by atoms with Gasteiger partial charge in [0.2, 0.25) is 0 Å². The van der Waals surface area contributed by atoms with Gasteiger partial charge in [-0.1, -0.05) is 0 Å². The first-order valence-corrected chi connectivity index (χ1v) is 6.16. The molecule has 0 aliphatic carbocycles. The molecule has 0 bridgehead atoms. The van der Waals surface area contributed by atoms with Crippen LogP contribution >= 0.6 is 8.69 Å². The number of rotatable bonds is 6. The molecule has 2 aromatic rings. The number of nitroso groups, excluding NO2 is 1. The molecule has 0 saturated carbocycles. The van der Waals surface area contributed by atoms with Gasteiger partial charge in [0.15, 0.2) is 0 Å². The maximum Gasteiger partial charge on any atom is 0.328 e. The Kier molecular flexibility index (Phi) is 4.46. The Morgan fingerprint density at radius 1 is 1.25 bits per heavy atom. The van der Waals surface area contributed by atoms with E-state index in [0.29, 0.717) is 16.6 Å². The molecule has 1 aromatic heterocycles. The third kappa shape index (κ3) is 3.02. The van der Waals surface area contributed by atoms with Gasteiger partial charge in [-0.15, -0.1) is 4.91 Å². The molecule has 0 fully saturated rings. The number of benzene rings is 1. The third-order valence-electron chi connectivity index (χ3n) is 2.54. The second kappa shape index (κ2) is 6.29. The minimum Gasteiger partial charge on any atom is -0.316 e. The van der Waals surface area contributed by atoms with Crippen molar-refractivity contribution in [3.8, 4) is 0 Å². The summed E-state index contributed by atoms with van der Waals surface area (Å²) >= 11 is 0. The Labute approximate surface area is 112 Å². The Morgan fingerprint density at radius 3 is 2.70 bits per heavy atom. The molecule has 0 unspecified atom stereocenters. The van der Waals surface area contributed by atoms with E-state index in [1.54, 1.807) is 0 Å². The summed E-state index contributed by atoms with van der Waals surface area (Å²) in [7, 11) is -0.460. The number of hydrogen-bond donors (Lipinski definition) is 3. The van der Waals surface area contributed by atoms with Crippen molar-refractivity contribution in [2.24, 2.45) is 5.18 Å². The molecule has 0 amide bonds. The van der Waals surface area contributed by atoms with Gasteiger partial charge in [-0.2, -0.15) is 0 Å². The zero-order chi connectivity index (χ0) is 14.5. The number of aromatic nitrogens is 2. The number of H-pyrrole nitrogens is 2. The molecule has 0 saturated heterocycles. The highest BCUT2D eigenvalue weighted by Gasteiger charge is 2.08. The number of aromatic amines is 2. The van der Waals surface area contributed by atoms with E-state index in [0.717, 1.165) is 0 Å². The largest absolute Gasteiger partial charge is 0.328 e. The van der Waals surface area contributed by atoms with Crippen molar-refractivity contribution in [2.75, 3.05) is 6.73 Å². The summed E-state index contributed by atoms with van der Waals surface area (Å²) in [5.74, 6) is 0. The van der Waals surface area contributed by atoms with Crippen molar-refractivity contribution in [3.05, 3.63) is 43.3 Å². The summed E-state index contributed by atoms with van der Waals surface area (Å²) < 4.78 is 14.7. The van der Waals surface area contributed by atoms with Crippen LogP contribution in [0.15, 0.2) is 26.9 Å². The fourth-order valence-electron chi connectivity index (χ4n) is 1.73. The maximum atomic E-state index is 11.3. The van der Waals surface area contributed by atoms with E-state index in [2.05, 4.69) is 25.0 Å².